The molecular formula is C19H14FN3O. The highest BCUT2D eigenvalue weighted by molar-refractivity contribution is 6.11. The first-order valence-electron chi connectivity index (χ1n) is 7.54. The van der Waals surface area contributed by atoms with E-state index in [2.05, 4.69) is 9.97 Å². The third-order valence-electron chi connectivity index (χ3n) is 4.12. The van der Waals surface area contributed by atoms with E-state index in [9.17, 15) is 9.18 Å². The summed E-state index contributed by atoms with van der Waals surface area (Å²) in [4.78, 5) is 21.5. The number of hydrogen-bond donors (Lipinski definition) is 1. The van der Waals surface area contributed by atoms with Crippen LogP contribution < -0.4 is 4.90 Å². The number of pyridine rings is 1. The van der Waals surface area contributed by atoms with E-state index in [-0.39, 0.29) is 11.6 Å². The van der Waals surface area contributed by atoms with Gasteiger partial charge in [-0.25, -0.2) is 4.39 Å². The van der Waals surface area contributed by atoms with Crippen molar-refractivity contribution >= 4 is 33.4 Å². The molecule has 4 nitrogen and oxygen atoms in total. The number of halogens is 1. The van der Waals surface area contributed by atoms with E-state index >= 15 is 0 Å². The second kappa shape index (κ2) is 5.45. The van der Waals surface area contributed by atoms with Crippen LogP contribution in [-0.4, -0.2) is 22.9 Å². The molecule has 4 aromatic rings. The molecule has 0 radical (unpaired) electrons. The number of aromatic nitrogens is 2. The van der Waals surface area contributed by atoms with Crippen molar-refractivity contribution in [3.63, 3.8) is 0 Å². The molecule has 2 heterocycles. The molecule has 0 saturated carbocycles. The van der Waals surface area contributed by atoms with Gasteiger partial charge in [0.25, 0.3) is 5.91 Å². The molecule has 0 atom stereocenters. The summed E-state index contributed by atoms with van der Waals surface area (Å²) in [5, 5.41) is 1.89. The zero-order valence-electron chi connectivity index (χ0n) is 13.0. The number of benzene rings is 2. The Labute approximate surface area is 137 Å². The van der Waals surface area contributed by atoms with E-state index in [1.807, 2.05) is 24.3 Å². The summed E-state index contributed by atoms with van der Waals surface area (Å²) < 4.78 is 13.9. The lowest BCUT2D eigenvalue weighted by atomic mass is 10.1. The number of hydrogen-bond acceptors (Lipinski definition) is 2. The van der Waals surface area contributed by atoms with Crippen molar-refractivity contribution in [2.24, 2.45) is 0 Å². The van der Waals surface area contributed by atoms with Crippen molar-refractivity contribution in [2.45, 2.75) is 0 Å². The van der Waals surface area contributed by atoms with Gasteiger partial charge < -0.3 is 9.88 Å². The Balaban J connectivity index is 1.80. The second-order valence-corrected chi connectivity index (χ2v) is 5.60. The van der Waals surface area contributed by atoms with Crippen LogP contribution in [0.4, 0.5) is 10.1 Å². The van der Waals surface area contributed by atoms with Gasteiger partial charge in [0.15, 0.2) is 0 Å². The number of rotatable bonds is 2. The Morgan fingerprint density at radius 3 is 2.71 bits per heavy atom. The zero-order chi connectivity index (χ0) is 16.7. The lowest BCUT2D eigenvalue weighted by Gasteiger charge is -2.16. The molecule has 0 aliphatic heterocycles. The highest BCUT2D eigenvalue weighted by atomic mass is 19.1. The van der Waals surface area contributed by atoms with Crippen LogP contribution in [0, 0.1) is 5.82 Å². The van der Waals surface area contributed by atoms with E-state index < -0.39 is 5.82 Å². The molecule has 24 heavy (non-hydrogen) atoms. The van der Waals surface area contributed by atoms with Gasteiger partial charge in [-0.15, -0.1) is 0 Å². The Morgan fingerprint density at radius 1 is 1.08 bits per heavy atom. The lowest BCUT2D eigenvalue weighted by Crippen LogP contribution is -2.27. The highest BCUT2D eigenvalue weighted by Crippen LogP contribution is 2.25. The molecule has 118 valence electrons. The third kappa shape index (κ3) is 2.22. The van der Waals surface area contributed by atoms with E-state index in [1.54, 1.807) is 37.5 Å². The first-order valence-corrected chi connectivity index (χ1v) is 7.54. The van der Waals surface area contributed by atoms with Crippen LogP contribution in [-0.2, 0) is 0 Å². The summed E-state index contributed by atoms with van der Waals surface area (Å²) in [6, 6.07) is 15.7. The number of nitrogens with one attached hydrogen (secondary N) is 1. The van der Waals surface area contributed by atoms with Crippen LogP contribution in [0.3, 0.4) is 0 Å². The summed E-state index contributed by atoms with van der Waals surface area (Å²) >= 11 is 0. The van der Waals surface area contributed by atoms with Crippen LogP contribution in [0.5, 0.6) is 0 Å². The fraction of sp³-hybridized carbons (Fsp3) is 0.0526. The molecule has 0 spiro atoms. The first kappa shape index (κ1) is 14.4. The fourth-order valence-electron chi connectivity index (χ4n) is 2.87. The van der Waals surface area contributed by atoms with Crippen LogP contribution in [0.25, 0.3) is 21.8 Å². The van der Waals surface area contributed by atoms with E-state index in [0.29, 0.717) is 5.69 Å². The molecule has 0 fully saturated rings. The number of aromatic amines is 1. The standard InChI is InChI=1S/C19H14FN3O/c1-23(16-7-3-2-6-14(16)20)19(24)15-11-13-9-8-12-5-4-10-21-17(12)18(13)22-15/h2-11,22H,1H3. The van der Waals surface area contributed by atoms with Crippen LogP contribution in [0.1, 0.15) is 10.5 Å². The van der Waals surface area contributed by atoms with Crippen LogP contribution in [0.2, 0.25) is 0 Å². The predicted molar refractivity (Wildman–Crippen MR) is 92.7 cm³/mol. The van der Waals surface area contributed by atoms with Crippen molar-refractivity contribution in [3.05, 3.63) is 72.3 Å². The summed E-state index contributed by atoms with van der Waals surface area (Å²) in [5.74, 6) is -0.739. The number of anilines is 1. The van der Waals surface area contributed by atoms with Gasteiger partial charge in [0.1, 0.15) is 11.5 Å². The van der Waals surface area contributed by atoms with E-state index in [1.165, 1.54) is 11.0 Å². The van der Waals surface area contributed by atoms with Crippen LogP contribution in [0.15, 0.2) is 60.8 Å². The lowest BCUT2D eigenvalue weighted by molar-refractivity contribution is 0.0988. The summed E-state index contributed by atoms with van der Waals surface area (Å²) in [5.41, 5.74) is 2.25. The fourth-order valence-corrected chi connectivity index (χ4v) is 2.87. The average Bonchev–Trinajstić information content (AvgIpc) is 3.05. The van der Waals surface area contributed by atoms with Crippen molar-refractivity contribution in [2.75, 3.05) is 11.9 Å². The summed E-state index contributed by atoms with van der Waals surface area (Å²) in [6.45, 7) is 0. The molecule has 0 bridgehead atoms. The Kier molecular flexibility index (Phi) is 3.27. The Bertz CT molecular complexity index is 1070. The molecule has 0 aliphatic rings. The van der Waals surface area contributed by atoms with E-state index in [4.69, 9.17) is 0 Å². The Hall–Kier alpha value is -3.21. The monoisotopic (exact) mass is 319 g/mol. The van der Waals surface area contributed by atoms with Gasteiger partial charge in [0.05, 0.1) is 16.7 Å². The number of nitrogens with zero attached hydrogens (tertiary/aromatic N) is 2. The SMILES string of the molecule is CN(C(=O)c1cc2ccc3cccnc3c2[nH]1)c1ccccc1F. The summed E-state index contributed by atoms with van der Waals surface area (Å²) in [7, 11) is 1.56. The van der Waals surface area contributed by atoms with E-state index in [0.717, 1.165) is 21.8 Å². The number of amides is 1. The number of carbonyl (C=O) groups is 1. The van der Waals surface area contributed by atoms with Gasteiger partial charge in [0, 0.05) is 24.0 Å². The van der Waals surface area contributed by atoms with Gasteiger partial charge in [-0.3, -0.25) is 9.78 Å². The molecule has 4 rings (SSSR count). The number of para-hydroxylation sites is 1. The molecule has 0 aliphatic carbocycles. The minimum atomic E-state index is -0.434. The van der Waals surface area contributed by atoms with Crippen molar-refractivity contribution in [3.8, 4) is 0 Å². The maximum Gasteiger partial charge on any atom is 0.274 e. The van der Waals surface area contributed by atoms with Gasteiger partial charge in [-0.1, -0.05) is 30.3 Å². The van der Waals surface area contributed by atoms with Crippen molar-refractivity contribution < 1.29 is 9.18 Å². The zero-order valence-corrected chi connectivity index (χ0v) is 13.0. The molecule has 2 aromatic heterocycles. The largest absolute Gasteiger partial charge is 0.349 e. The molecule has 1 N–H and O–H groups in total. The highest BCUT2D eigenvalue weighted by Gasteiger charge is 2.19. The first-order chi connectivity index (χ1) is 11.6. The normalized spacial score (nSPS) is 11.1. The van der Waals surface area contributed by atoms with Gasteiger partial charge >= 0.3 is 0 Å². The van der Waals surface area contributed by atoms with Gasteiger partial charge in [-0.05, 0) is 24.3 Å². The molecule has 0 saturated heterocycles. The average molecular weight is 319 g/mol. The number of H-pyrrole nitrogens is 1. The molecule has 0 unspecified atom stereocenters. The maximum atomic E-state index is 13.9. The molecule has 1 amide bonds. The molecule has 5 heteroatoms. The summed E-state index contributed by atoms with van der Waals surface area (Å²) in [6.07, 6.45) is 1.72. The minimum absolute atomic E-state index is 0.240. The quantitative estimate of drug-likeness (QED) is 0.604. The van der Waals surface area contributed by atoms with Crippen molar-refractivity contribution in [1.29, 1.82) is 0 Å². The van der Waals surface area contributed by atoms with Crippen LogP contribution >= 0.6 is 0 Å². The molecular weight excluding hydrogens is 305 g/mol. The third-order valence-corrected chi connectivity index (χ3v) is 4.12. The Morgan fingerprint density at radius 2 is 1.88 bits per heavy atom. The number of fused-ring (bicyclic) bond motifs is 3. The second-order valence-electron chi connectivity index (χ2n) is 5.60. The minimum Gasteiger partial charge on any atom is -0.349 e. The van der Waals surface area contributed by atoms with Crippen molar-refractivity contribution in [1.82, 2.24) is 9.97 Å². The predicted octanol–water partition coefficient (Wildman–Crippen LogP) is 4.13. The smallest absolute Gasteiger partial charge is 0.274 e. The maximum absolute atomic E-state index is 13.9. The number of carbonyl (C=O) groups excluding carboxylic acids is 1. The van der Waals surface area contributed by atoms with Gasteiger partial charge in [-0.2, -0.15) is 0 Å². The molecule has 2 aromatic carbocycles. The van der Waals surface area contributed by atoms with Gasteiger partial charge in [0.2, 0.25) is 0 Å². The topological polar surface area (TPSA) is 49.0 Å².